The third-order valence-corrected chi connectivity index (χ3v) is 4.19. The van der Waals surface area contributed by atoms with Gasteiger partial charge in [0.25, 0.3) is 0 Å². The maximum absolute atomic E-state index is 10.3. The predicted molar refractivity (Wildman–Crippen MR) is 99.2 cm³/mol. The highest BCUT2D eigenvalue weighted by molar-refractivity contribution is 5.29. The minimum atomic E-state index is -0.419. The van der Waals surface area contributed by atoms with Crippen molar-refractivity contribution in [2.45, 2.75) is 38.9 Å². The van der Waals surface area contributed by atoms with Crippen molar-refractivity contribution in [3.8, 4) is 5.75 Å². The van der Waals surface area contributed by atoms with Crippen LogP contribution in [0.2, 0.25) is 0 Å². The first-order valence-electron chi connectivity index (χ1n) is 8.82. The van der Waals surface area contributed by atoms with Crippen molar-refractivity contribution in [2.75, 3.05) is 20.1 Å². The average molecular weight is 327 g/mol. The Morgan fingerprint density at radius 2 is 1.71 bits per heavy atom. The number of rotatable bonds is 10. The van der Waals surface area contributed by atoms with Gasteiger partial charge < -0.3 is 14.7 Å². The lowest BCUT2D eigenvalue weighted by Gasteiger charge is -2.19. The Morgan fingerprint density at radius 1 is 1.00 bits per heavy atom. The number of nitrogens with zero attached hydrogens (tertiary/aromatic N) is 1. The monoisotopic (exact) mass is 327 g/mol. The minimum absolute atomic E-state index is 0.419. The first-order valence-corrected chi connectivity index (χ1v) is 8.82. The van der Waals surface area contributed by atoms with Gasteiger partial charge in [-0.25, -0.2) is 0 Å². The molecular weight excluding hydrogens is 298 g/mol. The molecule has 0 saturated heterocycles. The van der Waals surface area contributed by atoms with E-state index in [2.05, 4.69) is 18.9 Å². The topological polar surface area (TPSA) is 32.7 Å². The van der Waals surface area contributed by atoms with Crippen LogP contribution in [0.5, 0.6) is 5.75 Å². The summed E-state index contributed by atoms with van der Waals surface area (Å²) in [6.45, 7) is 4.76. The molecule has 1 N–H and O–H groups in total. The Hall–Kier alpha value is -1.84. The van der Waals surface area contributed by atoms with Gasteiger partial charge >= 0.3 is 0 Å². The second-order valence-electron chi connectivity index (χ2n) is 6.30. The Morgan fingerprint density at radius 3 is 2.38 bits per heavy atom. The molecule has 0 aliphatic rings. The van der Waals surface area contributed by atoms with Gasteiger partial charge in [0.05, 0.1) is 6.10 Å². The molecule has 2 rings (SSSR count). The van der Waals surface area contributed by atoms with E-state index in [9.17, 15) is 5.11 Å². The van der Waals surface area contributed by atoms with Crippen molar-refractivity contribution in [3.05, 3.63) is 65.7 Å². The largest absolute Gasteiger partial charge is 0.489 e. The van der Waals surface area contributed by atoms with E-state index in [1.54, 1.807) is 0 Å². The lowest BCUT2D eigenvalue weighted by atomic mass is 10.1. The molecule has 1 atom stereocenters. The van der Waals surface area contributed by atoms with E-state index in [1.165, 1.54) is 12.8 Å². The van der Waals surface area contributed by atoms with Gasteiger partial charge in [-0.1, -0.05) is 55.8 Å². The number of unbranched alkanes of at least 4 members (excludes halogenated alkanes) is 1. The van der Waals surface area contributed by atoms with E-state index in [-0.39, 0.29) is 0 Å². The predicted octanol–water partition coefficient (Wildman–Crippen LogP) is 4.42. The van der Waals surface area contributed by atoms with Gasteiger partial charge in [-0.15, -0.1) is 0 Å². The number of hydrogen-bond acceptors (Lipinski definition) is 3. The van der Waals surface area contributed by atoms with Gasteiger partial charge in [0, 0.05) is 6.54 Å². The highest BCUT2D eigenvalue weighted by atomic mass is 16.5. The quantitative estimate of drug-likeness (QED) is 0.701. The van der Waals surface area contributed by atoms with E-state index in [4.69, 9.17) is 4.74 Å². The van der Waals surface area contributed by atoms with Gasteiger partial charge in [-0.05, 0) is 49.7 Å². The number of aliphatic hydroxyl groups is 1. The second-order valence-corrected chi connectivity index (χ2v) is 6.30. The molecule has 2 aromatic rings. The van der Waals surface area contributed by atoms with Crippen LogP contribution in [0.25, 0.3) is 0 Å². The van der Waals surface area contributed by atoms with Crippen molar-refractivity contribution in [1.82, 2.24) is 4.90 Å². The maximum atomic E-state index is 10.3. The Kier molecular flexibility index (Phi) is 7.80. The Bertz CT molecular complexity index is 568. The van der Waals surface area contributed by atoms with E-state index in [1.807, 2.05) is 54.6 Å². The van der Waals surface area contributed by atoms with Crippen LogP contribution in [-0.4, -0.2) is 30.1 Å². The number of benzene rings is 2. The first-order chi connectivity index (χ1) is 11.7. The SMILES string of the molecule is CCCCN(C)CCC(O)c1ccc(OCc2ccccc2)cc1. The zero-order chi connectivity index (χ0) is 17.2. The van der Waals surface area contributed by atoms with E-state index in [0.717, 1.165) is 36.4 Å². The summed E-state index contributed by atoms with van der Waals surface area (Å²) >= 11 is 0. The lowest BCUT2D eigenvalue weighted by molar-refractivity contribution is 0.148. The molecule has 1 unspecified atom stereocenters. The fourth-order valence-electron chi connectivity index (χ4n) is 2.58. The summed E-state index contributed by atoms with van der Waals surface area (Å²) in [5.74, 6) is 0.829. The summed E-state index contributed by atoms with van der Waals surface area (Å²) in [4.78, 5) is 2.28. The molecule has 3 nitrogen and oxygen atoms in total. The fraction of sp³-hybridized carbons (Fsp3) is 0.429. The normalized spacial score (nSPS) is 12.3. The standard InChI is InChI=1S/C21H29NO2/c1-3-4-15-22(2)16-14-21(23)19-10-12-20(13-11-19)24-17-18-8-6-5-7-9-18/h5-13,21,23H,3-4,14-17H2,1-2H3. The van der Waals surface area contributed by atoms with Gasteiger partial charge in [0.2, 0.25) is 0 Å². The molecule has 0 saturated carbocycles. The van der Waals surface area contributed by atoms with Gasteiger partial charge in [0.1, 0.15) is 12.4 Å². The molecule has 0 bridgehead atoms. The second kappa shape index (κ2) is 10.1. The van der Waals surface area contributed by atoms with Crippen LogP contribution in [-0.2, 0) is 6.61 Å². The lowest BCUT2D eigenvalue weighted by Crippen LogP contribution is -2.22. The molecule has 3 heteroatoms. The van der Waals surface area contributed by atoms with Crippen molar-refractivity contribution < 1.29 is 9.84 Å². The zero-order valence-corrected chi connectivity index (χ0v) is 14.8. The highest BCUT2D eigenvalue weighted by Gasteiger charge is 2.09. The van der Waals surface area contributed by atoms with Gasteiger partial charge in [0.15, 0.2) is 0 Å². The number of hydrogen-bond donors (Lipinski definition) is 1. The fourth-order valence-corrected chi connectivity index (χ4v) is 2.58. The Labute approximate surface area is 145 Å². The average Bonchev–Trinajstić information content (AvgIpc) is 2.64. The minimum Gasteiger partial charge on any atom is -0.489 e. The number of ether oxygens (including phenoxy) is 1. The summed E-state index contributed by atoms with van der Waals surface area (Å²) in [5, 5.41) is 10.3. The van der Waals surface area contributed by atoms with Gasteiger partial charge in [-0.2, -0.15) is 0 Å². The molecule has 0 aliphatic carbocycles. The molecule has 130 valence electrons. The van der Waals surface area contributed by atoms with Crippen molar-refractivity contribution in [3.63, 3.8) is 0 Å². The van der Waals surface area contributed by atoms with Crippen LogP contribution >= 0.6 is 0 Å². The molecule has 0 aliphatic heterocycles. The summed E-state index contributed by atoms with van der Waals surface area (Å²) in [7, 11) is 2.11. The van der Waals surface area contributed by atoms with Crippen LogP contribution in [0.15, 0.2) is 54.6 Å². The molecule has 0 heterocycles. The van der Waals surface area contributed by atoms with Crippen molar-refractivity contribution in [1.29, 1.82) is 0 Å². The Balaban J connectivity index is 1.78. The molecule has 0 amide bonds. The molecular formula is C21H29NO2. The first kappa shape index (κ1) is 18.5. The van der Waals surface area contributed by atoms with Crippen LogP contribution in [0.1, 0.15) is 43.4 Å². The van der Waals surface area contributed by atoms with Crippen LogP contribution < -0.4 is 4.74 Å². The summed E-state index contributed by atoms with van der Waals surface area (Å²) in [6.07, 6.45) is 2.75. The van der Waals surface area contributed by atoms with Crippen LogP contribution in [0.3, 0.4) is 0 Å². The van der Waals surface area contributed by atoms with Crippen molar-refractivity contribution in [2.24, 2.45) is 0 Å². The van der Waals surface area contributed by atoms with E-state index < -0.39 is 6.10 Å². The third-order valence-electron chi connectivity index (χ3n) is 4.19. The molecule has 24 heavy (non-hydrogen) atoms. The van der Waals surface area contributed by atoms with Crippen LogP contribution in [0, 0.1) is 0 Å². The smallest absolute Gasteiger partial charge is 0.119 e. The summed E-state index contributed by atoms with van der Waals surface area (Å²) in [5.41, 5.74) is 2.10. The summed E-state index contributed by atoms with van der Waals surface area (Å²) < 4.78 is 5.78. The maximum Gasteiger partial charge on any atom is 0.119 e. The van der Waals surface area contributed by atoms with E-state index >= 15 is 0 Å². The molecule has 0 aromatic heterocycles. The molecule has 0 radical (unpaired) electrons. The molecule has 2 aromatic carbocycles. The van der Waals surface area contributed by atoms with E-state index in [0.29, 0.717) is 6.61 Å². The van der Waals surface area contributed by atoms with Gasteiger partial charge in [-0.3, -0.25) is 0 Å². The summed E-state index contributed by atoms with van der Waals surface area (Å²) in [6, 6.07) is 17.9. The molecule has 0 spiro atoms. The highest BCUT2D eigenvalue weighted by Crippen LogP contribution is 2.21. The van der Waals surface area contributed by atoms with Crippen molar-refractivity contribution >= 4 is 0 Å². The molecule has 0 fully saturated rings. The van der Waals surface area contributed by atoms with Crippen LogP contribution in [0.4, 0.5) is 0 Å². The zero-order valence-electron chi connectivity index (χ0n) is 14.8. The number of aliphatic hydroxyl groups excluding tert-OH is 1. The third kappa shape index (κ3) is 6.34.